The zero-order chi connectivity index (χ0) is 9.80. The average molecular weight is 189 g/mol. The van der Waals surface area contributed by atoms with E-state index in [0.29, 0.717) is 6.54 Å². The van der Waals surface area contributed by atoms with E-state index in [1.54, 1.807) is 0 Å². The summed E-state index contributed by atoms with van der Waals surface area (Å²) < 4.78 is 1.42. The number of nitrogens with zero attached hydrogens (tertiary/aromatic N) is 2. The van der Waals surface area contributed by atoms with Crippen LogP contribution >= 0.6 is 0 Å². The lowest BCUT2D eigenvalue weighted by Crippen LogP contribution is -2.19. The zero-order valence-electron chi connectivity index (χ0n) is 7.68. The van der Waals surface area contributed by atoms with E-state index >= 15 is 0 Å². The molecule has 0 spiro atoms. The second-order valence-corrected chi connectivity index (χ2v) is 3.05. The van der Waals surface area contributed by atoms with E-state index in [-0.39, 0.29) is 5.69 Å². The summed E-state index contributed by atoms with van der Waals surface area (Å²) in [5, 5.41) is 3.88. The van der Waals surface area contributed by atoms with E-state index in [2.05, 4.69) is 10.1 Å². The SMILES string of the molecule is O=c1[nH]cnn1CCc1ccccc1. The standard InChI is InChI=1S/C10H11N3O/c14-10-11-8-12-13(10)7-6-9-4-2-1-3-5-9/h1-5,8H,6-7H2,(H,11,12,14). The van der Waals surface area contributed by atoms with Crippen LogP contribution in [0.2, 0.25) is 0 Å². The molecule has 0 radical (unpaired) electrons. The van der Waals surface area contributed by atoms with Gasteiger partial charge in [0.1, 0.15) is 6.33 Å². The second kappa shape index (κ2) is 3.91. The first kappa shape index (κ1) is 8.74. The largest absolute Gasteiger partial charge is 0.343 e. The fourth-order valence-corrected chi connectivity index (χ4v) is 1.32. The molecule has 1 aromatic heterocycles. The maximum absolute atomic E-state index is 11.1. The van der Waals surface area contributed by atoms with Gasteiger partial charge in [-0.05, 0) is 12.0 Å². The van der Waals surface area contributed by atoms with E-state index < -0.39 is 0 Å². The maximum Gasteiger partial charge on any atom is 0.343 e. The molecule has 0 aliphatic carbocycles. The molecule has 72 valence electrons. The maximum atomic E-state index is 11.1. The molecule has 0 saturated carbocycles. The van der Waals surface area contributed by atoms with Gasteiger partial charge >= 0.3 is 5.69 Å². The molecule has 0 aliphatic heterocycles. The summed E-state index contributed by atoms with van der Waals surface area (Å²) in [6, 6.07) is 10.0. The summed E-state index contributed by atoms with van der Waals surface area (Å²) >= 11 is 0. The quantitative estimate of drug-likeness (QED) is 0.777. The monoisotopic (exact) mass is 189 g/mol. The first-order chi connectivity index (χ1) is 6.86. The first-order valence-electron chi connectivity index (χ1n) is 4.51. The molecule has 1 aromatic carbocycles. The number of aryl methyl sites for hydroxylation is 2. The molecule has 0 atom stereocenters. The molecule has 0 bridgehead atoms. The van der Waals surface area contributed by atoms with Gasteiger partial charge in [-0.15, -0.1) is 0 Å². The van der Waals surface area contributed by atoms with Gasteiger partial charge in [0.25, 0.3) is 0 Å². The Morgan fingerprint density at radius 2 is 2.07 bits per heavy atom. The number of aromatic amines is 1. The number of H-pyrrole nitrogens is 1. The number of hydrogen-bond acceptors (Lipinski definition) is 2. The molecule has 4 heteroatoms. The Hall–Kier alpha value is -1.84. The van der Waals surface area contributed by atoms with Crippen molar-refractivity contribution >= 4 is 0 Å². The highest BCUT2D eigenvalue weighted by molar-refractivity contribution is 5.14. The highest BCUT2D eigenvalue weighted by atomic mass is 16.1. The third-order valence-corrected chi connectivity index (χ3v) is 2.07. The predicted octanol–water partition coefficient (Wildman–Crippen LogP) is 0.814. The fourth-order valence-electron chi connectivity index (χ4n) is 1.32. The van der Waals surface area contributed by atoms with E-state index in [4.69, 9.17) is 0 Å². The van der Waals surface area contributed by atoms with Gasteiger partial charge in [-0.25, -0.2) is 9.48 Å². The van der Waals surface area contributed by atoms with Gasteiger partial charge in [-0.2, -0.15) is 5.10 Å². The number of nitrogens with one attached hydrogen (secondary N) is 1. The Labute approximate surface area is 81.2 Å². The number of hydrogen-bond donors (Lipinski definition) is 1. The Kier molecular flexibility index (Phi) is 2.44. The van der Waals surface area contributed by atoms with Crippen LogP contribution in [0.1, 0.15) is 5.56 Å². The van der Waals surface area contributed by atoms with Crippen LogP contribution in [0.4, 0.5) is 0 Å². The molecule has 4 nitrogen and oxygen atoms in total. The summed E-state index contributed by atoms with van der Waals surface area (Å²) in [6.07, 6.45) is 2.24. The van der Waals surface area contributed by atoms with E-state index in [1.165, 1.54) is 16.6 Å². The lowest BCUT2D eigenvalue weighted by Gasteiger charge is -1.99. The molecule has 0 aliphatic rings. The topological polar surface area (TPSA) is 50.7 Å². The predicted molar refractivity (Wildman–Crippen MR) is 53.0 cm³/mol. The number of benzene rings is 1. The zero-order valence-corrected chi connectivity index (χ0v) is 7.68. The normalized spacial score (nSPS) is 10.3. The number of rotatable bonds is 3. The van der Waals surface area contributed by atoms with Crippen LogP contribution in [0.15, 0.2) is 41.5 Å². The van der Waals surface area contributed by atoms with Gasteiger partial charge in [0.05, 0.1) is 6.54 Å². The van der Waals surface area contributed by atoms with Crippen molar-refractivity contribution in [3.8, 4) is 0 Å². The molecule has 0 amide bonds. The van der Waals surface area contributed by atoms with Crippen molar-refractivity contribution in [2.75, 3.05) is 0 Å². The van der Waals surface area contributed by atoms with Crippen LogP contribution in [-0.4, -0.2) is 14.8 Å². The Balaban J connectivity index is 2.02. The third kappa shape index (κ3) is 1.90. The van der Waals surface area contributed by atoms with Gasteiger partial charge in [0.2, 0.25) is 0 Å². The third-order valence-electron chi connectivity index (χ3n) is 2.07. The summed E-state index contributed by atoms with van der Waals surface area (Å²) in [5.74, 6) is 0. The Morgan fingerprint density at radius 1 is 1.29 bits per heavy atom. The highest BCUT2D eigenvalue weighted by Gasteiger charge is 1.97. The van der Waals surface area contributed by atoms with E-state index in [9.17, 15) is 4.79 Å². The summed E-state index contributed by atoms with van der Waals surface area (Å²) in [5.41, 5.74) is 1.06. The molecular formula is C10H11N3O. The minimum atomic E-state index is -0.152. The van der Waals surface area contributed by atoms with Crippen molar-refractivity contribution in [3.63, 3.8) is 0 Å². The number of aromatic nitrogens is 3. The van der Waals surface area contributed by atoms with E-state index in [0.717, 1.165) is 6.42 Å². The average Bonchev–Trinajstić information content (AvgIpc) is 2.63. The van der Waals surface area contributed by atoms with Crippen LogP contribution in [0.5, 0.6) is 0 Å². The lowest BCUT2D eigenvalue weighted by atomic mass is 10.2. The summed E-state index contributed by atoms with van der Waals surface area (Å²) in [6.45, 7) is 0.617. The van der Waals surface area contributed by atoms with Crippen LogP contribution in [0.25, 0.3) is 0 Å². The molecule has 0 fully saturated rings. The molecule has 0 saturated heterocycles. The molecular weight excluding hydrogens is 178 g/mol. The molecule has 2 rings (SSSR count). The van der Waals surface area contributed by atoms with Gasteiger partial charge in [-0.3, -0.25) is 4.98 Å². The lowest BCUT2D eigenvalue weighted by molar-refractivity contribution is 0.593. The van der Waals surface area contributed by atoms with Crippen LogP contribution < -0.4 is 5.69 Å². The van der Waals surface area contributed by atoms with Gasteiger partial charge < -0.3 is 0 Å². The molecule has 1 N–H and O–H groups in total. The Morgan fingerprint density at radius 3 is 2.71 bits per heavy atom. The fraction of sp³-hybridized carbons (Fsp3) is 0.200. The van der Waals surface area contributed by atoms with Crippen molar-refractivity contribution < 1.29 is 0 Å². The summed E-state index contributed by atoms with van der Waals surface area (Å²) in [7, 11) is 0. The van der Waals surface area contributed by atoms with Gasteiger partial charge in [-0.1, -0.05) is 30.3 Å². The van der Waals surface area contributed by atoms with Crippen LogP contribution in [-0.2, 0) is 13.0 Å². The molecule has 2 aromatic rings. The minimum absolute atomic E-state index is 0.152. The minimum Gasteiger partial charge on any atom is -0.295 e. The van der Waals surface area contributed by atoms with Crippen LogP contribution in [0.3, 0.4) is 0 Å². The van der Waals surface area contributed by atoms with Crippen molar-refractivity contribution in [2.24, 2.45) is 0 Å². The molecule has 1 heterocycles. The van der Waals surface area contributed by atoms with Crippen LogP contribution in [0, 0.1) is 0 Å². The molecule has 14 heavy (non-hydrogen) atoms. The van der Waals surface area contributed by atoms with Crippen molar-refractivity contribution in [2.45, 2.75) is 13.0 Å². The van der Waals surface area contributed by atoms with Gasteiger partial charge in [0, 0.05) is 0 Å². The highest BCUT2D eigenvalue weighted by Crippen LogP contribution is 1.99. The van der Waals surface area contributed by atoms with E-state index in [1.807, 2.05) is 30.3 Å². The van der Waals surface area contributed by atoms with Gasteiger partial charge in [0.15, 0.2) is 0 Å². The molecule has 0 unspecified atom stereocenters. The second-order valence-electron chi connectivity index (χ2n) is 3.05. The van der Waals surface area contributed by atoms with Crippen molar-refractivity contribution in [1.82, 2.24) is 14.8 Å². The Bertz CT molecular complexity index is 444. The summed E-state index contributed by atoms with van der Waals surface area (Å²) in [4.78, 5) is 13.6. The van der Waals surface area contributed by atoms with Crippen molar-refractivity contribution in [1.29, 1.82) is 0 Å². The smallest absolute Gasteiger partial charge is 0.295 e. The first-order valence-corrected chi connectivity index (χ1v) is 4.51. The van der Waals surface area contributed by atoms with Crippen molar-refractivity contribution in [3.05, 3.63) is 52.7 Å².